The molecule has 0 unspecified atom stereocenters. The van der Waals surface area contributed by atoms with E-state index in [2.05, 4.69) is 0 Å². The Hall–Kier alpha value is -0.960. The van der Waals surface area contributed by atoms with Crippen molar-refractivity contribution in [1.29, 1.82) is 0 Å². The second-order valence-electron chi connectivity index (χ2n) is 3.81. The van der Waals surface area contributed by atoms with Gasteiger partial charge in [0.2, 0.25) is 0 Å². The van der Waals surface area contributed by atoms with E-state index in [4.69, 9.17) is 23.2 Å². The molecule has 2 rings (SSSR count). The summed E-state index contributed by atoms with van der Waals surface area (Å²) in [4.78, 5) is 12.7. The molecule has 0 amide bonds. The van der Waals surface area contributed by atoms with E-state index < -0.39 is 0 Å². The molecule has 0 spiro atoms. The molecule has 1 nitrogen and oxygen atoms in total. The SMILES string of the molecule is Cc1cc(Sc2cc(Cl)ccc2Cl)ccc1C=O. The normalized spacial score (nSPS) is 10.4. The summed E-state index contributed by atoms with van der Waals surface area (Å²) in [6.45, 7) is 1.91. The van der Waals surface area contributed by atoms with E-state index in [0.717, 1.165) is 21.6 Å². The average Bonchev–Trinajstić information content (AvgIpc) is 2.34. The van der Waals surface area contributed by atoms with Gasteiger partial charge < -0.3 is 0 Å². The Kier molecular flexibility index (Phi) is 4.33. The minimum Gasteiger partial charge on any atom is -0.298 e. The lowest BCUT2D eigenvalue weighted by molar-refractivity contribution is 0.112. The maximum atomic E-state index is 10.8. The molecule has 2 aromatic carbocycles. The third-order valence-corrected chi connectivity index (χ3v) is 4.21. The Morgan fingerprint density at radius 3 is 2.56 bits per heavy atom. The molecule has 0 heterocycles. The molecular formula is C14H10Cl2OS. The van der Waals surface area contributed by atoms with Crippen LogP contribution in [0.3, 0.4) is 0 Å². The van der Waals surface area contributed by atoms with Crippen molar-refractivity contribution in [1.82, 2.24) is 0 Å². The second-order valence-corrected chi connectivity index (χ2v) is 5.77. The van der Waals surface area contributed by atoms with E-state index in [1.165, 1.54) is 11.8 Å². The summed E-state index contributed by atoms with van der Waals surface area (Å²) in [5.74, 6) is 0. The number of hydrogen-bond acceptors (Lipinski definition) is 2. The van der Waals surface area contributed by atoms with Gasteiger partial charge in [0.25, 0.3) is 0 Å². The highest BCUT2D eigenvalue weighted by Gasteiger charge is 2.05. The van der Waals surface area contributed by atoms with E-state index in [0.29, 0.717) is 15.6 Å². The molecule has 0 atom stereocenters. The van der Waals surface area contributed by atoms with Crippen LogP contribution in [0.5, 0.6) is 0 Å². The molecule has 0 saturated heterocycles. The van der Waals surface area contributed by atoms with Crippen LogP contribution in [0, 0.1) is 6.92 Å². The predicted molar refractivity (Wildman–Crippen MR) is 77.2 cm³/mol. The highest BCUT2D eigenvalue weighted by molar-refractivity contribution is 7.99. The largest absolute Gasteiger partial charge is 0.298 e. The van der Waals surface area contributed by atoms with E-state index >= 15 is 0 Å². The van der Waals surface area contributed by atoms with Crippen molar-refractivity contribution in [3.63, 3.8) is 0 Å². The fourth-order valence-electron chi connectivity index (χ4n) is 1.53. The van der Waals surface area contributed by atoms with Crippen LogP contribution in [0.2, 0.25) is 10.0 Å². The molecule has 92 valence electrons. The molecule has 0 fully saturated rings. The van der Waals surface area contributed by atoms with Crippen molar-refractivity contribution >= 4 is 41.2 Å². The van der Waals surface area contributed by atoms with Crippen molar-refractivity contribution in [2.45, 2.75) is 16.7 Å². The first-order valence-corrected chi connectivity index (χ1v) is 6.86. The van der Waals surface area contributed by atoms with Gasteiger partial charge in [-0.1, -0.05) is 41.0 Å². The van der Waals surface area contributed by atoms with Gasteiger partial charge in [-0.2, -0.15) is 0 Å². The lowest BCUT2D eigenvalue weighted by atomic mass is 10.1. The molecule has 2 aromatic rings. The van der Waals surface area contributed by atoms with Gasteiger partial charge in [0.05, 0.1) is 5.02 Å². The van der Waals surface area contributed by atoms with Gasteiger partial charge >= 0.3 is 0 Å². The standard InChI is InChI=1S/C14H10Cl2OS/c1-9-6-12(4-2-10(9)8-17)18-14-7-11(15)3-5-13(14)16/h2-8H,1H3. The molecule has 0 saturated carbocycles. The Labute approximate surface area is 120 Å². The molecule has 0 aromatic heterocycles. The van der Waals surface area contributed by atoms with Crippen LogP contribution in [0.25, 0.3) is 0 Å². The highest BCUT2D eigenvalue weighted by Crippen LogP contribution is 2.35. The number of halogens is 2. The lowest BCUT2D eigenvalue weighted by Gasteiger charge is -2.06. The van der Waals surface area contributed by atoms with Gasteiger partial charge in [0, 0.05) is 20.4 Å². The van der Waals surface area contributed by atoms with E-state index in [-0.39, 0.29) is 0 Å². The van der Waals surface area contributed by atoms with Crippen LogP contribution in [0.4, 0.5) is 0 Å². The van der Waals surface area contributed by atoms with Gasteiger partial charge in [-0.3, -0.25) is 4.79 Å². The summed E-state index contributed by atoms with van der Waals surface area (Å²) in [6.07, 6.45) is 0.857. The number of rotatable bonds is 3. The number of carbonyl (C=O) groups is 1. The first-order valence-electron chi connectivity index (χ1n) is 5.29. The Balaban J connectivity index is 2.31. The summed E-state index contributed by atoms with van der Waals surface area (Å²) in [5, 5.41) is 1.32. The third kappa shape index (κ3) is 3.08. The number of benzene rings is 2. The Morgan fingerprint density at radius 2 is 1.89 bits per heavy atom. The summed E-state index contributed by atoms with van der Waals surface area (Å²) >= 11 is 13.6. The van der Waals surface area contributed by atoms with Crippen LogP contribution >= 0.6 is 35.0 Å². The van der Waals surface area contributed by atoms with Crippen LogP contribution in [-0.2, 0) is 0 Å². The summed E-state index contributed by atoms with van der Waals surface area (Å²) in [6, 6.07) is 11.0. The van der Waals surface area contributed by atoms with Gasteiger partial charge in [-0.25, -0.2) is 0 Å². The van der Waals surface area contributed by atoms with Crippen LogP contribution in [-0.4, -0.2) is 6.29 Å². The van der Waals surface area contributed by atoms with Gasteiger partial charge in [-0.15, -0.1) is 0 Å². The Morgan fingerprint density at radius 1 is 1.11 bits per heavy atom. The molecule has 4 heteroatoms. The van der Waals surface area contributed by atoms with E-state index in [1.807, 2.05) is 31.2 Å². The van der Waals surface area contributed by atoms with Crippen molar-refractivity contribution < 1.29 is 4.79 Å². The molecular weight excluding hydrogens is 287 g/mol. The number of aldehydes is 1. The summed E-state index contributed by atoms with van der Waals surface area (Å²) in [5.41, 5.74) is 1.66. The summed E-state index contributed by atoms with van der Waals surface area (Å²) < 4.78 is 0. The molecule has 0 N–H and O–H groups in total. The smallest absolute Gasteiger partial charge is 0.150 e. The lowest BCUT2D eigenvalue weighted by Crippen LogP contribution is -1.86. The second kappa shape index (κ2) is 5.79. The molecule has 0 aliphatic heterocycles. The minimum atomic E-state index is 0.656. The van der Waals surface area contributed by atoms with Crippen molar-refractivity contribution in [3.8, 4) is 0 Å². The predicted octanol–water partition coefficient (Wildman–Crippen LogP) is 5.27. The number of carbonyl (C=O) groups excluding carboxylic acids is 1. The molecule has 0 bridgehead atoms. The summed E-state index contributed by atoms with van der Waals surface area (Å²) in [7, 11) is 0. The van der Waals surface area contributed by atoms with E-state index in [9.17, 15) is 4.79 Å². The van der Waals surface area contributed by atoms with E-state index in [1.54, 1.807) is 12.1 Å². The fraction of sp³-hybridized carbons (Fsp3) is 0.0714. The third-order valence-electron chi connectivity index (χ3n) is 2.49. The maximum Gasteiger partial charge on any atom is 0.150 e. The maximum absolute atomic E-state index is 10.8. The van der Waals surface area contributed by atoms with Crippen LogP contribution in [0.1, 0.15) is 15.9 Å². The number of hydrogen-bond donors (Lipinski definition) is 0. The van der Waals surface area contributed by atoms with Gasteiger partial charge in [-0.05, 0) is 42.8 Å². The van der Waals surface area contributed by atoms with Crippen molar-refractivity contribution in [2.24, 2.45) is 0 Å². The molecule has 0 aliphatic rings. The first kappa shape index (κ1) is 13.5. The first-order chi connectivity index (χ1) is 8.60. The average molecular weight is 297 g/mol. The Bertz CT molecular complexity index is 596. The van der Waals surface area contributed by atoms with Crippen molar-refractivity contribution in [2.75, 3.05) is 0 Å². The molecule has 18 heavy (non-hydrogen) atoms. The molecule has 0 aliphatic carbocycles. The minimum absolute atomic E-state index is 0.656. The van der Waals surface area contributed by atoms with Gasteiger partial charge in [0.15, 0.2) is 0 Å². The zero-order chi connectivity index (χ0) is 13.1. The quantitative estimate of drug-likeness (QED) is 0.718. The zero-order valence-electron chi connectivity index (χ0n) is 9.61. The topological polar surface area (TPSA) is 17.1 Å². The zero-order valence-corrected chi connectivity index (χ0v) is 11.9. The fourth-order valence-corrected chi connectivity index (χ4v) is 2.97. The highest BCUT2D eigenvalue weighted by atomic mass is 35.5. The molecule has 0 radical (unpaired) electrons. The number of aryl methyl sites for hydroxylation is 1. The van der Waals surface area contributed by atoms with Crippen LogP contribution in [0.15, 0.2) is 46.2 Å². The monoisotopic (exact) mass is 296 g/mol. The van der Waals surface area contributed by atoms with Crippen molar-refractivity contribution in [3.05, 3.63) is 57.6 Å². The van der Waals surface area contributed by atoms with Gasteiger partial charge in [0.1, 0.15) is 6.29 Å². The van der Waals surface area contributed by atoms with Crippen LogP contribution < -0.4 is 0 Å².